The van der Waals surface area contributed by atoms with Crippen molar-refractivity contribution in [3.63, 3.8) is 0 Å². The Kier molecular flexibility index (Phi) is 6.07. The van der Waals surface area contributed by atoms with E-state index in [1.807, 2.05) is 37.3 Å². The molecule has 0 saturated heterocycles. The topological polar surface area (TPSA) is 42.4 Å². The van der Waals surface area contributed by atoms with Gasteiger partial charge in [-0.15, -0.1) is 0 Å². The fraction of sp³-hybridized carbons (Fsp3) is 0.304. The largest absolute Gasteiger partial charge is 0.462 e. The summed E-state index contributed by atoms with van der Waals surface area (Å²) in [5.74, 6) is -0.324. The summed E-state index contributed by atoms with van der Waals surface area (Å²) < 4.78 is 5.31. The zero-order chi connectivity index (χ0) is 19.2. The van der Waals surface area contributed by atoms with Gasteiger partial charge in [0.15, 0.2) is 0 Å². The lowest BCUT2D eigenvalue weighted by Crippen LogP contribution is -2.25. The molecule has 140 valence electrons. The number of ether oxygens (including phenoxy) is 1. The molecular weight excluding hydrogens is 336 g/mol. The summed E-state index contributed by atoms with van der Waals surface area (Å²) in [4.78, 5) is 19.5. The van der Waals surface area contributed by atoms with Crippen molar-refractivity contribution in [3.8, 4) is 0 Å². The third-order valence-electron chi connectivity index (χ3n) is 4.74. The molecule has 0 unspecified atom stereocenters. The minimum atomic E-state index is -0.324. The van der Waals surface area contributed by atoms with E-state index in [0.29, 0.717) is 12.2 Å². The predicted molar refractivity (Wildman–Crippen MR) is 110 cm³/mol. The Morgan fingerprint density at radius 2 is 1.81 bits per heavy atom. The number of nitrogens with zero attached hydrogens (tertiary/aromatic N) is 2. The molecule has 27 heavy (non-hydrogen) atoms. The maximum absolute atomic E-state index is 12.6. The number of anilines is 1. The van der Waals surface area contributed by atoms with E-state index in [1.54, 1.807) is 6.20 Å². The summed E-state index contributed by atoms with van der Waals surface area (Å²) in [6, 6.07) is 16.5. The quantitative estimate of drug-likeness (QED) is 0.555. The van der Waals surface area contributed by atoms with Gasteiger partial charge in [-0.25, -0.2) is 4.79 Å². The van der Waals surface area contributed by atoms with Gasteiger partial charge in [0.1, 0.15) is 5.56 Å². The van der Waals surface area contributed by atoms with Crippen LogP contribution in [0.4, 0.5) is 5.69 Å². The molecule has 2 aromatic carbocycles. The van der Waals surface area contributed by atoms with Crippen molar-refractivity contribution in [2.24, 2.45) is 0 Å². The summed E-state index contributed by atoms with van der Waals surface area (Å²) in [7, 11) is 0. The lowest BCUT2D eigenvalue weighted by Gasteiger charge is -2.27. The molecule has 0 fully saturated rings. The van der Waals surface area contributed by atoms with Gasteiger partial charge in [0.25, 0.3) is 0 Å². The van der Waals surface area contributed by atoms with Crippen LogP contribution in [0.15, 0.2) is 54.7 Å². The van der Waals surface area contributed by atoms with E-state index in [2.05, 4.69) is 41.9 Å². The van der Waals surface area contributed by atoms with Crippen molar-refractivity contribution in [1.82, 2.24) is 4.98 Å². The number of hydrogen-bond donors (Lipinski definition) is 0. The van der Waals surface area contributed by atoms with Crippen LogP contribution in [0.5, 0.6) is 0 Å². The van der Waals surface area contributed by atoms with Gasteiger partial charge in [-0.05, 0) is 31.4 Å². The molecule has 0 saturated carbocycles. The molecule has 0 spiro atoms. The van der Waals surface area contributed by atoms with E-state index < -0.39 is 0 Å². The normalized spacial score (nSPS) is 10.8. The first kappa shape index (κ1) is 18.9. The number of aromatic nitrogens is 1. The van der Waals surface area contributed by atoms with Crippen LogP contribution in [0.3, 0.4) is 0 Å². The first-order chi connectivity index (χ1) is 13.2. The Balaban J connectivity index is 2.19. The van der Waals surface area contributed by atoms with Crippen molar-refractivity contribution in [2.45, 2.75) is 33.7 Å². The van der Waals surface area contributed by atoms with Crippen LogP contribution < -0.4 is 4.90 Å². The smallest absolute Gasteiger partial charge is 0.341 e. The van der Waals surface area contributed by atoms with E-state index in [1.165, 1.54) is 11.1 Å². The van der Waals surface area contributed by atoms with Gasteiger partial charge in [-0.1, -0.05) is 55.5 Å². The lowest BCUT2D eigenvalue weighted by atomic mass is 10.0. The average Bonchev–Trinajstić information content (AvgIpc) is 2.71. The van der Waals surface area contributed by atoms with Crippen molar-refractivity contribution in [2.75, 3.05) is 18.1 Å². The molecule has 0 atom stereocenters. The fourth-order valence-electron chi connectivity index (χ4n) is 3.41. The van der Waals surface area contributed by atoms with Crippen molar-refractivity contribution in [3.05, 3.63) is 71.4 Å². The summed E-state index contributed by atoms with van der Waals surface area (Å²) in [5.41, 5.74) is 4.76. The molecule has 0 N–H and O–H groups in total. The molecule has 1 heterocycles. The van der Waals surface area contributed by atoms with Crippen molar-refractivity contribution in [1.29, 1.82) is 0 Å². The highest BCUT2D eigenvalue weighted by atomic mass is 16.5. The number of aryl methyl sites for hydroxylation is 1. The summed E-state index contributed by atoms with van der Waals surface area (Å²) >= 11 is 0. The van der Waals surface area contributed by atoms with Gasteiger partial charge >= 0.3 is 5.97 Å². The predicted octanol–water partition coefficient (Wildman–Crippen LogP) is 5.00. The van der Waals surface area contributed by atoms with Gasteiger partial charge in [-0.2, -0.15) is 0 Å². The molecule has 0 aliphatic carbocycles. The van der Waals surface area contributed by atoms with Crippen LogP contribution in [0, 0.1) is 0 Å². The zero-order valence-corrected chi connectivity index (χ0v) is 16.2. The third kappa shape index (κ3) is 3.95. The molecule has 4 heteroatoms. The molecule has 0 amide bonds. The Morgan fingerprint density at radius 1 is 1.04 bits per heavy atom. The third-order valence-corrected chi connectivity index (χ3v) is 4.74. The van der Waals surface area contributed by atoms with E-state index in [9.17, 15) is 4.79 Å². The van der Waals surface area contributed by atoms with Gasteiger partial charge in [0.2, 0.25) is 0 Å². The van der Waals surface area contributed by atoms with E-state index in [-0.39, 0.29) is 5.97 Å². The number of benzene rings is 2. The second kappa shape index (κ2) is 8.67. The summed E-state index contributed by atoms with van der Waals surface area (Å²) in [6.45, 7) is 7.89. The van der Waals surface area contributed by atoms with Crippen molar-refractivity contribution >= 4 is 22.6 Å². The fourth-order valence-corrected chi connectivity index (χ4v) is 3.41. The minimum absolute atomic E-state index is 0.324. The van der Waals surface area contributed by atoms with Crippen LogP contribution in [0.1, 0.15) is 42.3 Å². The zero-order valence-electron chi connectivity index (χ0n) is 16.2. The van der Waals surface area contributed by atoms with Crippen LogP contribution in [0.2, 0.25) is 0 Å². The number of fused-ring (bicyclic) bond motifs is 1. The molecule has 3 rings (SSSR count). The SMILES string of the molecule is CCOC(=O)c1cnc2c(CC)cccc2c1N(CC)Cc1ccccc1. The van der Waals surface area contributed by atoms with Crippen LogP contribution >= 0.6 is 0 Å². The number of pyridine rings is 1. The van der Waals surface area contributed by atoms with E-state index in [0.717, 1.165) is 36.1 Å². The van der Waals surface area contributed by atoms with Crippen LogP contribution in [-0.2, 0) is 17.7 Å². The number of carbonyl (C=O) groups excluding carboxylic acids is 1. The lowest BCUT2D eigenvalue weighted by molar-refractivity contribution is 0.0527. The standard InChI is InChI=1S/C23H26N2O2/c1-4-18-13-10-14-19-21(18)24-15-20(23(26)27-6-3)22(19)25(5-2)16-17-11-8-7-9-12-17/h7-15H,4-6,16H2,1-3H3. The molecule has 0 bridgehead atoms. The maximum Gasteiger partial charge on any atom is 0.341 e. The highest BCUT2D eigenvalue weighted by Gasteiger charge is 2.21. The van der Waals surface area contributed by atoms with Gasteiger partial charge < -0.3 is 9.64 Å². The number of carbonyl (C=O) groups is 1. The first-order valence-corrected chi connectivity index (χ1v) is 9.56. The van der Waals surface area contributed by atoms with Gasteiger partial charge in [-0.3, -0.25) is 4.98 Å². The number of para-hydroxylation sites is 1. The van der Waals surface area contributed by atoms with Gasteiger partial charge in [0, 0.05) is 24.7 Å². The average molecular weight is 362 g/mol. The van der Waals surface area contributed by atoms with Crippen molar-refractivity contribution < 1.29 is 9.53 Å². The molecular formula is C23H26N2O2. The summed E-state index contributed by atoms with van der Waals surface area (Å²) in [5, 5.41) is 0.998. The number of hydrogen-bond acceptors (Lipinski definition) is 4. The second-order valence-electron chi connectivity index (χ2n) is 6.41. The highest BCUT2D eigenvalue weighted by Crippen LogP contribution is 2.33. The Morgan fingerprint density at radius 3 is 2.48 bits per heavy atom. The Labute approximate surface area is 160 Å². The molecule has 4 nitrogen and oxygen atoms in total. The van der Waals surface area contributed by atoms with E-state index in [4.69, 9.17) is 4.74 Å². The molecule has 0 aliphatic rings. The van der Waals surface area contributed by atoms with E-state index >= 15 is 0 Å². The summed E-state index contributed by atoms with van der Waals surface area (Å²) in [6.07, 6.45) is 2.57. The van der Waals surface area contributed by atoms with Gasteiger partial charge in [0.05, 0.1) is 17.8 Å². The molecule has 3 aromatic rings. The first-order valence-electron chi connectivity index (χ1n) is 9.56. The number of rotatable bonds is 7. The Hall–Kier alpha value is -2.88. The monoisotopic (exact) mass is 362 g/mol. The minimum Gasteiger partial charge on any atom is -0.462 e. The highest BCUT2D eigenvalue weighted by molar-refractivity contribution is 6.05. The number of esters is 1. The van der Waals surface area contributed by atoms with Crippen LogP contribution in [-0.4, -0.2) is 24.1 Å². The molecule has 0 aliphatic heterocycles. The Bertz CT molecular complexity index is 922. The molecule has 0 radical (unpaired) electrons. The second-order valence-corrected chi connectivity index (χ2v) is 6.41. The maximum atomic E-state index is 12.6. The van der Waals surface area contributed by atoms with Crippen LogP contribution in [0.25, 0.3) is 10.9 Å². The molecule has 1 aromatic heterocycles.